The Balaban J connectivity index is 2.12. The summed E-state index contributed by atoms with van der Waals surface area (Å²) in [4.78, 5) is 2.40. The Hall–Kier alpha value is -0.910. The molecule has 3 unspecified atom stereocenters. The summed E-state index contributed by atoms with van der Waals surface area (Å²) in [5.41, 5.74) is 7.11. The average Bonchev–Trinajstić information content (AvgIpc) is 2.64. The van der Waals surface area contributed by atoms with Crippen LogP contribution >= 0.6 is 0 Å². The number of ether oxygens (including phenoxy) is 1. The average molecular weight is 238 g/mol. The Kier molecular flexibility index (Phi) is 3.81. The van der Waals surface area contributed by atoms with E-state index in [9.17, 15) is 0 Å². The van der Waals surface area contributed by atoms with Crippen LogP contribution in [0.5, 0.6) is 0 Å². The van der Waals surface area contributed by atoms with Gasteiger partial charge in [0.25, 0.3) is 0 Å². The third-order valence-corrected chi connectivity index (χ3v) is 3.22. The predicted molar refractivity (Wildman–Crippen MR) is 66.6 cm³/mol. The van der Waals surface area contributed by atoms with Crippen LogP contribution in [-0.2, 0) is 11.8 Å². The third kappa shape index (κ3) is 2.86. The number of aromatic nitrogens is 2. The minimum atomic E-state index is 0.248. The normalized spacial score (nSPS) is 28.2. The van der Waals surface area contributed by atoms with Crippen LogP contribution < -0.4 is 5.73 Å². The van der Waals surface area contributed by atoms with E-state index < -0.39 is 0 Å². The number of nitrogens with two attached hydrogens (primary N) is 1. The lowest BCUT2D eigenvalue weighted by Crippen LogP contribution is -2.48. The fourth-order valence-corrected chi connectivity index (χ4v) is 2.58. The molecule has 0 bridgehead atoms. The Labute approximate surface area is 103 Å². The summed E-state index contributed by atoms with van der Waals surface area (Å²) < 4.78 is 7.57. The number of rotatable bonds is 3. The van der Waals surface area contributed by atoms with Gasteiger partial charge in [-0.1, -0.05) is 0 Å². The monoisotopic (exact) mass is 238 g/mol. The van der Waals surface area contributed by atoms with Crippen LogP contribution in [0.4, 0.5) is 0 Å². The molecular weight excluding hydrogens is 216 g/mol. The smallest absolute Gasteiger partial charge is 0.0678 e. The molecule has 2 rings (SSSR count). The molecule has 0 spiro atoms. The molecule has 1 aromatic heterocycles. The van der Waals surface area contributed by atoms with E-state index in [0.29, 0.717) is 6.54 Å². The fraction of sp³-hybridized carbons (Fsp3) is 0.750. The SMILES string of the molecule is CC1CN(C(CN)c2cnn(C)c2)CC(C)O1. The molecule has 3 atom stereocenters. The maximum absolute atomic E-state index is 5.92. The first kappa shape index (κ1) is 12.5. The van der Waals surface area contributed by atoms with Gasteiger partial charge >= 0.3 is 0 Å². The van der Waals surface area contributed by atoms with Gasteiger partial charge in [0.1, 0.15) is 0 Å². The van der Waals surface area contributed by atoms with Gasteiger partial charge in [0.15, 0.2) is 0 Å². The Morgan fingerprint density at radius 3 is 2.59 bits per heavy atom. The van der Waals surface area contributed by atoms with E-state index in [1.807, 2.05) is 24.1 Å². The topological polar surface area (TPSA) is 56.3 Å². The van der Waals surface area contributed by atoms with Crippen LogP contribution in [0.3, 0.4) is 0 Å². The summed E-state index contributed by atoms with van der Waals surface area (Å²) in [6.07, 6.45) is 4.49. The van der Waals surface area contributed by atoms with Crippen LogP contribution in [0, 0.1) is 0 Å². The van der Waals surface area contributed by atoms with E-state index in [2.05, 4.69) is 23.8 Å². The quantitative estimate of drug-likeness (QED) is 0.834. The predicted octanol–water partition coefficient (Wildman–Crippen LogP) is 0.529. The first-order valence-corrected chi connectivity index (χ1v) is 6.18. The Morgan fingerprint density at radius 1 is 1.47 bits per heavy atom. The van der Waals surface area contributed by atoms with E-state index in [1.54, 1.807) is 0 Å². The second kappa shape index (κ2) is 5.16. The van der Waals surface area contributed by atoms with E-state index in [0.717, 1.165) is 13.1 Å². The van der Waals surface area contributed by atoms with E-state index >= 15 is 0 Å². The molecule has 1 aromatic rings. The number of aryl methyl sites for hydroxylation is 1. The second-order valence-corrected chi connectivity index (χ2v) is 4.91. The highest BCUT2D eigenvalue weighted by atomic mass is 16.5. The molecule has 0 saturated carbocycles. The van der Waals surface area contributed by atoms with Gasteiger partial charge in [0.2, 0.25) is 0 Å². The van der Waals surface area contributed by atoms with Crippen LogP contribution in [0.25, 0.3) is 0 Å². The maximum atomic E-state index is 5.92. The van der Waals surface area contributed by atoms with E-state index in [1.165, 1.54) is 5.56 Å². The number of hydrogen-bond acceptors (Lipinski definition) is 4. The molecule has 1 aliphatic heterocycles. The van der Waals surface area contributed by atoms with E-state index in [4.69, 9.17) is 10.5 Å². The lowest BCUT2D eigenvalue weighted by Gasteiger charge is -2.39. The molecule has 5 nitrogen and oxygen atoms in total. The van der Waals surface area contributed by atoms with Crippen molar-refractivity contribution in [2.45, 2.75) is 32.1 Å². The number of morpholine rings is 1. The summed E-state index contributed by atoms with van der Waals surface area (Å²) in [6.45, 7) is 6.70. The van der Waals surface area contributed by atoms with Crippen molar-refractivity contribution in [2.75, 3.05) is 19.6 Å². The van der Waals surface area contributed by atoms with Crippen molar-refractivity contribution in [1.82, 2.24) is 14.7 Å². The molecule has 1 aliphatic rings. The lowest BCUT2D eigenvalue weighted by molar-refractivity contribution is -0.0799. The van der Waals surface area contributed by atoms with Crippen molar-refractivity contribution in [1.29, 1.82) is 0 Å². The minimum absolute atomic E-state index is 0.248. The van der Waals surface area contributed by atoms with Gasteiger partial charge in [-0.2, -0.15) is 5.10 Å². The summed E-state index contributed by atoms with van der Waals surface area (Å²) in [5, 5.41) is 4.22. The van der Waals surface area contributed by atoms with Gasteiger partial charge in [-0.3, -0.25) is 9.58 Å². The zero-order valence-corrected chi connectivity index (χ0v) is 10.8. The summed E-state index contributed by atoms with van der Waals surface area (Å²) in [7, 11) is 1.93. The zero-order chi connectivity index (χ0) is 12.4. The molecule has 0 aromatic carbocycles. The van der Waals surface area contributed by atoms with Crippen LogP contribution in [-0.4, -0.2) is 46.5 Å². The summed E-state index contributed by atoms with van der Waals surface area (Å²) >= 11 is 0. The Morgan fingerprint density at radius 2 is 2.12 bits per heavy atom. The van der Waals surface area contributed by atoms with Gasteiger partial charge < -0.3 is 10.5 Å². The molecule has 5 heteroatoms. The molecule has 2 N–H and O–H groups in total. The zero-order valence-electron chi connectivity index (χ0n) is 10.8. The van der Waals surface area contributed by atoms with Crippen molar-refractivity contribution in [2.24, 2.45) is 12.8 Å². The highest BCUT2D eigenvalue weighted by Crippen LogP contribution is 2.23. The molecular formula is C12H22N4O. The molecule has 2 heterocycles. The summed E-state index contributed by atoms with van der Waals surface area (Å²) in [6, 6.07) is 0.248. The molecule has 17 heavy (non-hydrogen) atoms. The minimum Gasteiger partial charge on any atom is -0.373 e. The standard InChI is InChI=1S/C12H22N4O/c1-9-6-16(7-10(2)17-9)12(4-13)11-5-14-15(3)8-11/h5,8-10,12H,4,6-7,13H2,1-3H3. The van der Waals surface area contributed by atoms with Gasteiger partial charge in [-0.15, -0.1) is 0 Å². The van der Waals surface area contributed by atoms with Gasteiger partial charge in [-0.25, -0.2) is 0 Å². The van der Waals surface area contributed by atoms with Crippen LogP contribution in [0.15, 0.2) is 12.4 Å². The highest BCUT2D eigenvalue weighted by molar-refractivity contribution is 5.11. The number of hydrogen-bond donors (Lipinski definition) is 1. The van der Waals surface area contributed by atoms with Gasteiger partial charge in [0, 0.05) is 38.4 Å². The molecule has 0 aliphatic carbocycles. The van der Waals surface area contributed by atoms with Crippen molar-refractivity contribution in [3.05, 3.63) is 18.0 Å². The third-order valence-electron chi connectivity index (χ3n) is 3.22. The van der Waals surface area contributed by atoms with E-state index in [-0.39, 0.29) is 18.2 Å². The Bertz CT molecular complexity index is 355. The van der Waals surface area contributed by atoms with Crippen molar-refractivity contribution >= 4 is 0 Å². The van der Waals surface area contributed by atoms with Crippen molar-refractivity contribution < 1.29 is 4.74 Å². The highest BCUT2D eigenvalue weighted by Gasteiger charge is 2.28. The van der Waals surface area contributed by atoms with Crippen molar-refractivity contribution in [3.8, 4) is 0 Å². The van der Waals surface area contributed by atoms with Crippen LogP contribution in [0.2, 0.25) is 0 Å². The first-order chi connectivity index (χ1) is 8.10. The molecule has 1 saturated heterocycles. The van der Waals surface area contributed by atoms with Crippen LogP contribution in [0.1, 0.15) is 25.5 Å². The lowest BCUT2D eigenvalue weighted by atomic mass is 10.1. The molecule has 0 amide bonds. The largest absolute Gasteiger partial charge is 0.373 e. The fourth-order valence-electron chi connectivity index (χ4n) is 2.58. The maximum Gasteiger partial charge on any atom is 0.0678 e. The molecule has 1 fully saturated rings. The molecule has 0 radical (unpaired) electrons. The summed E-state index contributed by atoms with van der Waals surface area (Å²) in [5.74, 6) is 0. The van der Waals surface area contributed by atoms with Gasteiger partial charge in [0.05, 0.1) is 24.4 Å². The van der Waals surface area contributed by atoms with Crippen molar-refractivity contribution in [3.63, 3.8) is 0 Å². The molecule has 96 valence electrons. The first-order valence-electron chi connectivity index (χ1n) is 6.18. The second-order valence-electron chi connectivity index (χ2n) is 4.91. The number of nitrogens with zero attached hydrogens (tertiary/aromatic N) is 3. The van der Waals surface area contributed by atoms with Gasteiger partial charge in [-0.05, 0) is 13.8 Å².